The highest BCUT2D eigenvalue weighted by Crippen LogP contribution is 2.12. The Kier molecular flexibility index (Phi) is 8.38. The third kappa shape index (κ3) is 8.71. The summed E-state index contributed by atoms with van der Waals surface area (Å²) in [6.07, 6.45) is -0.338. The van der Waals surface area contributed by atoms with Crippen LogP contribution in [0.2, 0.25) is 0 Å². The topological polar surface area (TPSA) is 89.2 Å². The van der Waals surface area contributed by atoms with Gasteiger partial charge in [-0.1, -0.05) is 24.3 Å². The SMILES string of the molecule is COCC(C)NC(N)=NCc1ccc(CN(C)C(=O)OC(C)(C)C)cc1. The highest BCUT2D eigenvalue weighted by atomic mass is 16.6. The number of guanidine groups is 1. The van der Waals surface area contributed by atoms with Crippen LogP contribution in [0.4, 0.5) is 4.79 Å². The molecule has 1 aromatic rings. The van der Waals surface area contributed by atoms with E-state index in [2.05, 4.69) is 10.3 Å². The summed E-state index contributed by atoms with van der Waals surface area (Å²) in [6.45, 7) is 9.06. The standard InChI is InChI=1S/C19H32N4O3/c1-14(13-25-6)22-17(20)21-11-15-7-9-16(10-8-15)12-23(5)18(24)26-19(2,3)4/h7-10,14H,11-13H2,1-6H3,(H3,20,21,22). The minimum absolute atomic E-state index is 0.106. The van der Waals surface area contributed by atoms with Crippen molar-refractivity contribution in [2.24, 2.45) is 10.7 Å². The number of nitrogens with one attached hydrogen (secondary N) is 1. The number of nitrogens with two attached hydrogens (primary N) is 1. The van der Waals surface area contributed by atoms with Gasteiger partial charge in [-0.25, -0.2) is 9.79 Å². The second-order valence-corrected chi connectivity index (χ2v) is 7.36. The third-order valence-electron chi connectivity index (χ3n) is 3.39. The van der Waals surface area contributed by atoms with Crippen LogP contribution < -0.4 is 11.1 Å². The minimum Gasteiger partial charge on any atom is -0.444 e. The van der Waals surface area contributed by atoms with Gasteiger partial charge in [-0.3, -0.25) is 0 Å². The van der Waals surface area contributed by atoms with Gasteiger partial charge in [0.15, 0.2) is 5.96 Å². The Morgan fingerprint density at radius 1 is 1.27 bits per heavy atom. The summed E-state index contributed by atoms with van der Waals surface area (Å²) in [5, 5.41) is 3.06. The van der Waals surface area contributed by atoms with Crippen LogP contribution in [0.15, 0.2) is 29.3 Å². The number of methoxy groups -OCH3 is 1. The van der Waals surface area contributed by atoms with Gasteiger partial charge in [0.25, 0.3) is 0 Å². The molecule has 26 heavy (non-hydrogen) atoms. The maximum Gasteiger partial charge on any atom is 0.410 e. The first kappa shape index (κ1) is 21.8. The number of hydrogen-bond donors (Lipinski definition) is 2. The monoisotopic (exact) mass is 364 g/mol. The number of amides is 1. The molecule has 0 radical (unpaired) electrons. The molecule has 0 aliphatic carbocycles. The van der Waals surface area contributed by atoms with E-state index >= 15 is 0 Å². The highest BCUT2D eigenvalue weighted by molar-refractivity contribution is 5.78. The lowest BCUT2D eigenvalue weighted by Crippen LogP contribution is -2.40. The molecular formula is C19H32N4O3. The molecule has 7 heteroatoms. The lowest BCUT2D eigenvalue weighted by atomic mass is 10.1. The number of benzene rings is 1. The first-order valence-electron chi connectivity index (χ1n) is 8.68. The van der Waals surface area contributed by atoms with Gasteiger partial charge >= 0.3 is 6.09 Å². The van der Waals surface area contributed by atoms with Gasteiger partial charge in [0.1, 0.15) is 5.60 Å². The van der Waals surface area contributed by atoms with Gasteiger partial charge in [0.05, 0.1) is 13.2 Å². The van der Waals surface area contributed by atoms with Gasteiger partial charge in [0.2, 0.25) is 0 Å². The van der Waals surface area contributed by atoms with Crippen molar-refractivity contribution >= 4 is 12.1 Å². The van der Waals surface area contributed by atoms with Crippen molar-refractivity contribution in [2.75, 3.05) is 20.8 Å². The summed E-state index contributed by atoms with van der Waals surface area (Å²) in [4.78, 5) is 17.9. The molecule has 0 saturated heterocycles. The summed E-state index contributed by atoms with van der Waals surface area (Å²) >= 11 is 0. The predicted octanol–water partition coefficient (Wildman–Crippen LogP) is 2.49. The van der Waals surface area contributed by atoms with E-state index in [0.29, 0.717) is 25.7 Å². The summed E-state index contributed by atoms with van der Waals surface area (Å²) < 4.78 is 10.4. The van der Waals surface area contributed by atoms with E-state index in [9.17, 15) is 4.79 Å². The maximum absolute atomic E-state index is 12.0. The molecule has 146 valence electrons. The molecule has 0 saturated carbocycles. The average molecular weight is 364 g/mol. The zero-order valence-corrected chi connectivity index (χ0v) is 16.7. The van der Waals surface area contributed by atoms with Gasteiger partial charge in [0, 0.05) is 26.7 Å². The van der Waals surface area contributed by atoms with Crippen molar-refractivity contribution in [1.82, 2.24) is 10.2 Å². The molecule has 1 unspecified atom stereocenters. The Morgan fingerprint density at radius 3 is 2.38 bits per heavy atom. The second kappa shape index (κ2) is 10.0. The molecule has 0 heterocycles. The third-order valence-corrected chi connectivity index (χ3v) is 3.39. The van der Waals surface area contributed by atoms with Crippen molar-refractivity contribution in [1.29, 1.82) is 0 Å². The molecule has 3 N–H and O–H groups in total. The molecule has 7 nitrogen and oxygen atoms in total. The van der Waals surface area contributed by atoms with E-state index < -0.39 is 5.60 Å². The van der Waals surface area contributed by atoms with E-state index in [-0.39, 0.29) is 12.1 Å². The molecule has 0 aromatic heterocycles. The summed E-state index contributed by atoms with van der Waals surface area (Å²) in [5.41, 5.74) is 7.42. The van der Waals surface area contributed by atoms with E-state index in [0.717, 1.165) is 11.1 Å². The molecule has 0 fully saturated rings. The first-order valence-corrected chi connectivity index (χ1v) is 8.68. The van der Waals surface area contributed by atoms with Crippen LogP contribution in [-0.4, -0.2) is 49.4 Å². The molecule has 1 amide bonds. The maximum atomic E-state index is 12.0. The Bertz CT molecular complexity index is 594. The van der Waals surface area contributed by atoms with Crippen molar-refractivity contribution in [3.05, 3.63) is 35.4 Å². The summed E-state index contributed by atoms with van der Waals surface area (Å²) in [6, 6.07) is 8.02. The zero-order valence-electron chi connectivity index (χ0n) is 16.7. The van der Waals surface area contributed by atoms with Crippen molar-refractivity contribution in [2.45, 2.75) is 52.4 Å². The number of ether oxygens (including phenoxy) is 2. The number of nitrogens with zero attached hydrogens (tertiary/aromatic N) is 2. The fourth-order valence-electron chi connectivity index (χ4n) is 2.19. The smallest absolute Gasteiger partial charge is 0.410 e. The molecule has 0 aliphatic heterocycles. The molecule has 1 atom stereocenters. The van der Waals surface area contributed by atoms with Gasteiger partial charge in [-0.2, -0.15) is 0 Å². The Morgan fingerprint density at radius 2 is 1.85 bits per heavy atom. The number of carbonyl (C=O) groups excluding carboxylic acids is 1. The van der Waals surface area contributed by atoms with E-state index in [1.807, 2.05) is 52.0 Å². The van der Waals surface area contributed by atoms with Crippen LogP contribution >= 0.6 is 0 Å². The van der Waals surface area contributed by atoms with Gasteiger partial charge in [-0.05, 0) is 38.8 Å². The molecular weight excluding hydrogens is 332 g/mol. The molecule has 0 bridgehead atoms. The number of carbonyl (C=O) groups is 1. The Balaban J connectivity index is 2.54. The van der Waals surface area contributed by atoms with Crippen LogP contribution in [0.5, 0.6) is 0 Å². The lowest BCUT2D eigenvalue weighted by molar-refractivity contribution is 0.0285. The normalized spacial score (nSPS) is 13.2. The fraction of sp³-hybridized carbons (Fsp3) is 0.579. The van der Waals surface area contributed by atoms with Crippen LogP contribution in [0.3, 0.4) is 0 Å². The lowest BCUT2D eigenvalue weighted by Gasteiger charge is -2.24. The number of hydrogen-bond acceptors (Lipinski definition) is 4. The molecule has 0 aliphatic rings. The van der Waals surface area contributed by atoms with Crippen LogP contribution in [0, 0.1) is 0 Å². The van der Waals surface area contributed by atoms with Crippen LogP contribution in [0.25, 0.3) is 0 Å². The minimum atomic E-state index is -0.498. The van der Waals surface area contributed by atoms with E-state index in [4.69, 9.17) is 15.2 Å². The fourth-order valence-corrected chi connectivity index (χ4v) is 2.19. The number of rotatable bonds is 7. The van der Waals surface area contributed by atoms with Crippen molar-refractivity contribution in [3.63, 3.8) is 0 Å². The first-order chi connectivity index (χ1) is 12.1. The Hall–Kier alpha value is -2.28. The largest absolute Gasteiger partial charge is 0.444 e. The Labute approximate surface area is 156 Å². The van der Waals surface area contributed by atoms with E-state index in [1.54, 1.807) is 19.1 Å². The molecule has 1 aromatic carbocycles. The summed E-state index contributed by atoms with van der Waals surface area (Å²) in [7, 11) is 3.37. The highest BCUT2D eigenvalue weighted by Gasteiger charge is 2.19. The summed E-state index contributed by atoms with van der Waals surface area (Å²) in [5.74, 6) is 0.392. The van der Waals surface area contributed by atoms with E-state index in [1.165, 1.54) is 0 Å². The number of aliphatic imine (C=N–C) groups is 1. The molecule has 0 spiro atoms. The van der Waals surface area contributed by atoms with Crippen LogP contribution in [0.1, 0.15) is 38.8 Å². The van der Waals surface area contributed by atoms with Gasteiger partial charge < -0.3 is 25.4 Å². The quantitative estimate of drug-likeness (QED) is 0.573. The van der Waals surface area contributed by atoms with Crippen molar-refractivity contribution < 1.29 is 14.3 Å². The molecule has 1 rings (SSSR count). The van der Waals surface area contributed by atoms with Gasteiger partial charge in [-0.15, -0.1) is 0 Å². The second-order valence-electron chi connectivity index (χ2n) is 7.36. The van der Waals surface area contributed by atoms with Crippen molar-refractivity contribution in [3.8, 4) is 0 Å². The zero-order chi connectivity index (χ0) is 19.7. The predicted molar refractivity (Wildman–Crippen MR) is 104 cm³/mol. The average Bonchev–Trinajstić information content (AvgIpc) is 2.52. The van der Waals surface area contributed by atoms with Crippen LogP contribution in [-0.2, 0) is 22.6 Å².